The van der Waals surface area contributed by atoms with Gasteiger partial charge < -0.3 is 5.41 Å². The van der Waals surface area contributed by atoms with Crippen molar-refractivity contribution in [3.8, 4) is 0 Å². The summed E-state index contributed by atoms with van der Waals surface area (Å²) in [7, 11) is 0. The molecule has 0 fully saturated rings. The molecule has 0 aromatic rings. The minimum Gasteiger partial charge on any atom is -0.309 e. The molecule has 0 radical (unpaired) electrons. The zero-order valence-corrected chi connectivity index (χ0v) is 7.08. The van der Waals surface area contributed by atoms with Crippen LogP contribution in [-0.2, 0) is 0 Å². The van der Waals surface area contributed by atoms with Crippen molar-refractivity contribution >= 4 is 5.71 Å². The zero-order valence-electron chi connectivity index (χ0n) is 7.08. The molecule has 1 heteroatoms. The summed E-state index contributed by atoms with van der Waals surface area (Å²) in [5.41, 5.74) is 0.859. The van der Waals surface area contributed by atoms with E-state index in [0.29, 0.717) is 5.92 Å². The first kappa shape index (κ1) is 8.67. The van der Waals surface area contributed by atoms with E-state index in [9.17, 15) is 0 Å². The predicted octanol–water partition coefficient (Wildman–Crippen LogP) is 2.71. The lowest BCUT2D eigenvalue weighted by atomic mass is 9.78. The van der Waals surface area contributed by atoms with Gasteiger partial charge in [0.25, 0.3) is 0 Å². The Bertz CT molecular complexity index is 112. The minimum absolute atomic E-state index is 0.0833. The Morgan fingerprint density at radius 1 is 1.33 bits per heavy atom. The van der Waals surface area contributed by atoms with Crippen molar-refractivity contribution in [1.82, 2.24) is 0 Å². The minimum atomic E-state index is 0.0833. The Morgan fingerprint density at radius 2 is 1.67 bits per heavy atom. The molecule has 0 aliphatic rings. The molecule has 0 saturated heterocycles. The summed E-state index contributed by atoms with van der Waals surface area (Å²) >= 11 is 0. The highest BCUT2D eigenvalue weighted by Crippen LogP contribution is 2.26. The van der Waals surface area contributed by atoms with Crippen LogP contribution in [0.15, 0.2) is 0 Å². The van der Waals surface area contributed by atoms with Gasteiger partial charge in [0.15, 0.2) is 0 Å². The summed E-state index contributed by atoms with van der Waals surface area (Å²) in [6.45, 7) is 10.4. The number of hydrogen-bond acceptors (Lipinski definition) is 1. The molecule has 54 valence electrons. The summed E-state index contributed by atoms with van der Waals surface area (Å²) in [6.07, 6.45) is 0. The van der Waals surface area contributed by atoms with Gasteiger partial charge >= 0.3 is 0 Å². The zero-order chi connectivity index (χ0) is 7.65. The van der Waals surface area contributed by atoms with Crippen LogP contribution in [0.1, 0.15) is 34.6 Å². The van der Waals surface area contributed by atoms with Crippen molar-refractivity contribution in [1.29, 1.82) is 5.41 Å². The van der Waals surface area contributed by atoms with Crippen molar-refractivity contribution in [3.05, 3.63) is 0 Å². The van der Waals surface area contributed by atoms with E-state index in [4.69, 9.17) is 5.41 Å². The summed E-state index contributed by atoms with van der Waals surface area (Å²) in [5.74, 6) is 0.565. The fourth-order valence-electron chi connectivity index (χ4n) is 0.433. The molecule has 0 amide bonds. The third kappa shape index (κ3) is 1.81. The van der Waals surface area contributed by atoms with E-state index in [1.54, 1.807) is 0 Å². The average molecular weight is 127 g/mol. The van der Waals surface area contributed by atoms with Crippen molar-refractivity contribution in [2.45, 2.75) is 34.6 Å². The molecular formula is C8H17N. The fourth-order valence-corrected chi connectivity index (χ4v) is 0.433. The molecular weight excluding hydrogens is 110 g/mol. The van der Waals surface area contributed by atoms with Crippen LogP contribution in [0.3, 0.4) is 0 Å². The molecule has 0 unspecified atom stereocenters. The summed E-state index contributed by atoms with van der Waals surface area (Å²) in [4.78, 5) is 0. The highest BCUT2D eigenvalue weighted by molar-refractivity contribution is 5.84. The van der Waals surface area contributed by atoms with Crippen molar-refractivity contribution in [2.75, 3.05) is 0 Å². The topological polar surface area (TPSA) is 23.9 Å². The Kier molecular flexibility index (Phi) is 2.41. The second kappa shape index (κ2) is 2.51. The molecule has 0 aliphatic heterocycles. The van der Waals surface area contributed by atoms with Crippen LogP contribution in [0.4, 0.5) is 0 Å². The first-order chi connectivity index (χ1) is 3.89. The van der Waals surface area contributed by atoms with Crippen molar-refractivity contribution in [2.24, 2.45) is 11.3 Å². The van der Waals surface area contributed by atoms with E-state index >= 15 is 0 Å². The lowest BCUT2D eigenvalue weighted by molar-refractivity contribution is 0.361. The SMILES string of the molecule is CC(=N)C(C)(C)C(C)C. The lowest BCUT2D eigenvalue weighted by Gasteiger charge is -2.27. The van der Waals surface area contributed by atoms with Crippen LogP contribution in [0.2, 0.25) is 0 Å². The maximum atomic E-state index is 7.43. The van der Waals surface area contributed by atoms with Crippen LogP contribution in [0.5, 0.6) is 0 Å². The number of nitrogens with one attached hydrogen (secondary N) is 1. The Morgan fingerprint density at radius 3 is 1.67 bits per heavy atom. The van der Waals surface area contributed by atoms with E-state index < -0.39 is 0 Å². The van der Waals surface area contributed by atoms with Crippen LogP contribution < -0.4 is 0 Å². The maximum absolute atomic E-state index is 7.43. The largest absolute Gasteiger partial charge is 0.309 e. The van der Waals surface area contributed by atoms with E-state index in [0.717, 1.165) is 5.71 Å². The molecule has 0 spiro atoms. The molecule has 0 aromatic carbocycles. The van der Waals surface area contributed by atoms with Gasteiger partial charge in [-0.2, -0.15) is 0 Å². The van der Waals surface area contributed by atoms with Gasteiger partial charge in [0, 0.05) is 11.1 Å². The van der Waals surface area contributed by atoms with Gasteiger partial charge in [-0.3, -0.25) is 0 Å². The molecule has 0 heterocycles. The van der Waals surface area contributed by atoms with Gasteiger partial charge in [0.05, 0.1) is 0 Å². The smallest absolute Gasteiger partial charge is 0.0117 e. The van der Waals surface area contributed by atoms with Crippen LogP contribution in [0, 0.1) is 16.7 Å². The second-order valence-electron chi connectivity index (χ2n) is 3.50. The number of rotatable bonds is 2. The Labute approximate surface area is 58.0 Å². The summed E-state index contributed by atoms with van der Waals surface area (Å²) < 4.78 is 0. The van der Waals surface area contributed by atoms with Crippen LogP contribution in [0.25, 0.3) is 0 Å². The first-order valence-corrected chi connectivity index (χ1v) is 3.44. The van der Waals surface area contributed by atoms with Gasteiger partial charge in [-0.15, -0.1) is 0 Å². The quantitative estimate of drug-likeness (QED) is 0.551. The standard InChI is InChI=1S/C8H17N/c1-6(2)8(4,5)7(3)9/h6,9H,1-5H3. The highest BCUT2D eigenvalue weighted by atomic mass is 14.5. The molecule has 0 saturated carbocycles. The highest BCUT2D eigenvalue weighted by Gasteiger charge is 2.23. The molecule has 0 bridgehead atoms. The van der Waals surface area contributed by atoms with Gasteiger partial charge in [-0.25, -0.2) is 0 Å². The Balaban J connectivity index is 4.19. The van der Waals surface area contributed by atoms with Crippen molar-refractivity contribution < 1.29 is 0 Å². The van der Waals surface area contributed by atoms with Gasteiger partial charge in [-0.1, -0.05) is 27.7 Å². The Hall–Kier alpha value is -0.330. The van der Waals surface area contributed by atoms with Gasteiger partial charge in [-0.05, 0) is 12.8 Å². The van der Waals surface area contributed by atoms with Gasteiger partial charge in [0.1, 0.15) is 0 Å². The van der Waals surface area contributed by atoms with Crippen LogP contribution >= 0.6 is 0 Å². The first-order valence-electron chi connectivity index (χ1n) is 3.44. The molecule has 9 heavy (non-hydrogen) atoms. The third-order valence-corrected chi connectivity index (χ3v) is 2.41. The summed E-state index contributed by atoms with van der Waals surface area (Å²) in [5, 5.41) is 7.43. The van der Waals surface area contributed by atoms with E-state index in [-0.39, 0.29) is 5.41 Å². The summed E-state index contributed by atoms with van der Waals surface area (Å²) in [6, 6.07) is 0. The van der Waals surface area contributed by atoms with Gasteiger partial charge in [0.2, 0.25) is 0 Å². The molecule has 1 N–H and O–H groups in total. The molecule has 0 atom stereocenters. The second-order valence-corrected chi connectivity index (χ2v) is 3.50. The fraction of sp³-hybridized carbons (Fsp3) is 0.875. The number of hydrogen-bond donors (Lipinski definition) is 1. The normalized spacial score (nSPS) is 12.2. The van der Waals surface area contributed by atoms with E-state index in [1.807, 2.05) is 6.92 Å². The average Bonchev–Trinajstić information content (AvgIpc) is 1.65. The van der Waals surface area contributed by atoms with E-state index in [2.05, 4.69) is 27.7 Å². The van der Waals surface area contributed by atoms with Crippen molar-refractivity contribution in [3.63, 3.8) is 0 Å². The molecule has 1 nitrogen and oxygen atoms in total. The maximum Gasteiger partial charge on any atom is 0.0117 e. The van der Waals surface area contributed by atoms with Crippen LogP contribution in [-0.4, -0.2) is 5.71 Å². The van der Waals surface area contributed by atoms with E-state index in [1.165, 1.54) is 0 Å². The third-order valence-electron chi connectivity index (χ3n) is 2.41. The molecule has 0 rings (SSSR count). The lowest BCUT2D eigenvalue weighted by Crippen LogP contribution is -2.26. The monoisotopic (exact) mass is 127 g/mol. The predicted molar refractivity (Wildman–Crippen MR) is 42.0 cm³/mol. The molecule has 0 aliphatic carbocycles. The molecule has 0 aromatic heterocycles.